The highest BCUT2D eigenvalue weighted by molar-refractivity contribution is 7.09. The number of aromatic nitrogens is 1. The van der Waals surface area contributed by atoms with Gasteiger partial charge in [0, 0.05) is 18.5 Å². The molecule has 1 N–H and O–H groups in total. The van der Waals surface area contributed by atoms with Crippen molar-refractivity contribution in [2.45, 2.75) is 59.0 Å². The van der Waals surface area contributed by atoms with Gasteiger partial charge in [-0.05, 0) is 44.8 Å². The van der Waals surface area contributed by atoms with E-state index >= 15 is 0 Å². The minimum atomic E-state index is 0.916. The maximum atomic E-state index is 4.74. The van der Waals surface area contributed by atoms with Gasteiger partial charge in [-0.25, -0.2) is 4.98 Å². The first-order chi connectivity index (χ1) is 9.81. The lowest BCUT2D eigenvalue weighted by atomic mass is 9.96. The largest absolute Gasteiger partial charge is 0.311 e. The standard InChI is InChI=1S/C16H29N3S/c1-3-6-14-7-5-9-19(10-8-14)12-15-13-20-16(18-15)11-17-4-2/h13-14,17H,3-12H2,1-2H3. The Bertz CT molecular complexity index is 378. The van der Waals surface area contributed by atoms with Gasteiger partial charge in [-0.15, -0.1) is 11.3 Å². The Labute approximate surface area is 127 Å². The number of nitrogens with zero attached hydrogens (tertiary/aromatic N) is 2. The van der Waals surface area contributed by atoms with E-state index in [0.717, 1.165) is 25.6 Å². The summed E-state index contributed by atoms with van der Waals surface area (Å²) in [6, 6.07) is 0. The Morgan fingerprint density at radius 2 is 2.25 bits per heavy atom. The van der Waals surface area contributed by atoms with E-state index in [0.29, 0.717) is 0 Å². The molecule has 0 aromatic carbocycles. The lowest BCUT2D eigenvalue weighted by molar-refractivity contribution is 0.268. The van der Waals surface area contributed by atoms with Gasteiger partial charge in [0.15, 0.2) is 0 Å². The van der Waals surface area contributed by atoms with Crippen LogP contribution in [0.4, 0.5) is 0 Å². The summed E-state index contributed by atoms with van der Waals surface area (Å²) in [5.41, 5.74) is 1.26. The molecule has 2 heterocycles. The summed E-state index contributed by atoms with van der Waals surface area (Å²) in [6.45, 7) is 9.92. The van der Waals surface area contributed by atoms with Crippen molar-refractivity contribution in [3.63, 3.8) is 0 Å². The molecular weight excluding hydrogens is 266 g/mol. The van der Waals surface area contributed by atoms with Crippen LogP contribution in [-0.4, -0.2) is 29.5 Å². The van der Waals surface area contributed by atoms with Crippen LogP contribution in [0.1, 0.15) is 56.7 Å². The molecule has 3 nitrogen and oxygen atoms in total. The Kier molecular flexibility index (Phi) is 6.97. The lowest BCUT2D eigenvalue weighted by Gasteiger charge is -2.18. The fraction of sp³-hybridized carbons (Fsp3) is 0.812. The molecule has 1 fully saturated rings. The highest BCUT2D eigenvalue weighted by Gasteiger charge is 2.17. The van der Waals surface area contributed by atoms with Crippen LogP contribution in [0.15, 0.2) is 5.38 Å². The molecule has 1 aromatic heterocycles. The third kappa shape index (κ3) is 5.15. The zero-order valence-corrected chi connectivity index (χ0v) is 13.8. The van der Waals surface area contributed by atoms with E-state index in [-0.39, 0.29) is 0 Å². The molecule has 0 spiro atoms. The fourth-order valence-corrected chi connectivity index (χ4v) is 3.80. The van der Waals surface area contributed by atoms with Crippen LogP contribution in [0.2, 0.25) is 0 Å². The summed E-state index contributed by atoms with van der Waals surface area (Å²) >= 11 is 1.79. The van der Waals surface area contributed by atoms with Gasteiger partial charge in [0.05, 0.1) is 5.69 Å². The van der Waals surface area contributed by atoms with Gasteiger partial charge < -0.3 is 5.32 Å². The van der Waals surface area contributed by atoms with Gasteiger partial charge in [0.1, 0.15) is 5.01 Å². The van der Waals surface area contributed by atoms with E-state index in [1.807, 2.05) is 0 Å². The topological polar surface area (TPSA) is 28.2 Å². The van der Waals surface area contributed by atoms with Gasteiger partial charge >= 0.3 is 0 Å². The summed E-state index contributed by atoms with van der Waals surface area (Å²) in [7, 11) is 0. The minimum Gasteiger partial charge on any atom is -0.311 e. The second kappa shape index (κ2) is 8.75. The first-order valence-electron chi connectivity index (χ1n) is 8.18. The van der Waals surface area contributed by atoms with Crippen molar-refractivity contribution in [3.8, 4) is 0 Å². The third-order valence-electron chi connectivity index (χ3n) is 4.15. The SMILES string of the molecule is CCCC1CCCN(Cc2csc(CNCC)n2)CC1. The molecule has 0 amide bonds. The van der Waals surface area contributed by atoms with Crippen molar-refractivity contribution in [3.05, 3.63) is 16.1 Å². The first-order valence-corrected chi connectivity index (χ1v) is 9.06. The summed E-state index contributed by atoms with van der Waals surface area (Å²) in [5, 5.41) is 6.81. The van der Waals surface area contributed by atoms with Crippen LogP contribution >= 0.6 is 11.3 Å². The van der Waals surface area contributed by atoms with Crippen LogP contribution in [0, 0.1) is 5.92 Å². The van der Waals surface area contributed by atoms with Crippen molar-refractivity contribution in [2.75, 3.05) is 19.6 Å². The second-order valence-corrected chi connectivity index (χ2v) is 6.82. The van der Waals surface area contributed by atoms with Crippen molar-refractivity contribution < 1.29 is 0 Å². The molecule has 0 bridgehead atoms. The van der Waals surface area contributed by atoms with E-state index in [1.165, 1.54) is 55.9 Å². The molecule has 4 heteroatoms. The van der Waals surface area contributed by atoms with Crippen LogP contribution < -0.4 is 5.32 Å². The van der Waals surface area contributed by atoms with Crippen LogP contribution in [-0.2, 0) is 13.1 Å². The summed E-state index contributed by atoms with van der Waals surface area (Å²) in [5.74, 6) is 0.963. The van der Waals surface area contributed by atoms with Crippen molar-refractivity contribution in [1.82, 2.24) is 15.2 Å². The Morgan fingerprint density at radius 3 is 3.05 bits per heavy atom. The highest BCUT2D eigenvalue weighted by atomic mass is 32.1. The predicted octanol–water partition coefficient (Wildman–Crippen LogP) is 3.65. The molecule has 1 aromatic rings. The molecule has 1 saturated heterocycles. The van der Waals surface area contributed by atoms with Crippen LogP contribution in [0.3, 0.4) is 0 Å². The number of rotatable bonds is 7. The predicted molar refractivity (Wildman–Crippen MR) is 87.0 cm³/mol. The fourth-order valence-electron chi connectivity index (χ4n) is 3.04. The third-order valence-corrected chi connectivity index (χ3v) is 5.05. The monoisotopic (exact) mass is 295 g/mol. The molecule has 0 saturated carbocycles. The number of hydrogen-bond donors (Lipinski definition) is 1. The average molecular weight is 295 g/mol. The van der Waals surface area contributed by atoms with E-state index in [2.05, 4.69) is 29.4 Å². The van der Waals surface area contributed by atoms with Crippen LogP contribution in [0.25, 0.3) is 0 Å². The van der Waals surface area contributed by atoms with Gasteiger partial charge in [0.25, 0.3) is 0 Å². The summed E-state index contributed by atoms with van der Waals surface area (Å²) in [4.78, 5) is 7.34. The number of hydrogen-bond acceptors (Lipinski definition) is 4. The molecule has 1 atom stereocenters. The zero-order valence-electron chi connectivity index (χ0n) is 13.0. The first kappa shape index (κ1) is 15.9. The van der Waals surface area contributed by atoms with Crippen molar-refractivity contribution in [2.24, 2.45) is 5.92 Å². The van der Waals surface area contributed by atoms with E-state index in [1.54, 1.807) is 11.3 Å². The molecule has 1 aliphatic heterocycles. The zero-order chi connectivity index (χ0) is 14.2. The van der Waals surface area contributed by atoms with E-state index in [9.17, 15) is 0 Å². The normalized spacial score (nSPS) is 21.0. The quantitative estimate of drug-likeness (QED) is 0.832. The molecule has 0 radical (unpaired) electrons. The molecule has 1 unspecified atom stereocenters. The smallest absolute Gasteiger partial charge is 0.107 e. The average Bonchev–Trinajstić information content (AvgIpc) is 2.77. The van der Waals surface area contributed by atoms with Gasteiger partial charge in [-0.1, -0.05) is 26.7 Å². The molecular formula is C16H29N3S. The van der Waals surface area contributed by atoms with E-state index < -0.39 is 0 Å². The van der Waals surface area contributed by atoms with E-state index in [4.69, 9.17) is 4.98 Å². The number of thiazole rings is 1. The molecule has 0 aliphatic carbocycles. The molecule has 114 valence electrons. The Morgan fingerprint density at radius 1 is 1.35 bits per heavy atom. The Balaban J connectivity index is 1.79. The molecule has 1 aliphatic rings. The maximum absolute atomic E-state index is 4.74. The number of likely N-dealkylation sites (tertiary alicyclic amines) is 1. The van der Waals surface area contributed by atoms with Gasteiger partial charge in [-0.2, -0.15) is 0 Å². The minimum absolute atomic E-state index is 0.916. The summed E-state index contributed by atoms with van der Waals surface area (Å²) < 4.78 is 0. The van der Waals surface area contributed by atoms with Gasteiger partial charge in [0.2, 0.25) is 0 Å². The van der Waals surface area contributed by atoms with Crippen molar-refractivity contribution in [1.29, 1.82) is 0 Å². The van der Waals surface area contributed by atoms with Crippen molar-refractivity contribution >= 4 is 11.3 Å². The number of nitrogens with one attached hydrogen (secondary N) is 1. The Hall–Kier alpha value is -0.450. The van der Waals surface area contributed by atoms with Gasteiger partial charge in [-0.3, -0.25) is 4.90 Å². The molecule has 20 heavy (non-hydrogen) atoms. The second-order valence-electron chi connectivity index (χ2n) is 5.87. The maximum Gasteiger partial charge on any atom is 0.107 e. The van der Waals surface area contributed by atoms with Crippen LogP contribution in [0.5, 0.6) is 0 Å². The molecule has 2 rings (SSSR count). The lowest BCUT2D eigenvalue weighted by Crippen LogP contribution is -2.24. The summed E-state index contributed by atoms with van der Waals surface area (Å²) in [6.07, 6.45) is 6.91. The highest BCUT2D eigenvalue weighted by Crippen LogP contribution is 2.23.